The zero-order chi connectivity index (χ0) is 26.6. The predicted molar refractivity (Wildman–Crippen MR) is 141 cm³/mol. The van der Waals surface area contributed by atoms with Crippen LogP contribution < -0.4 is 14.4 Å². The van der Waals surface area contributed by atoms with Gasteiger partial charge in [0.05, 0.1) is 18.2 Å². The molecule has 0 radical (unpaired) electrons. The van der Waals surface area contributed by atoms with Crippen LogP contribution in [0.1, 0.15) is 36.3 Å². The van der Waals surface area contributed by atoms with Crippen molar-refractivity contribution in [2.24, 2.45) is 0 Å². The molecule has 1 saturated heterocycles. The lowest BCUT2D eigenvalue weighted by atomic mass is 9.95. The van der Waals surface area contributed by atoms with Crippen molar-refractivity contribution >= 4 is 23.3 Å². The van der Waals surface area contributed by atoms with Crippen molar-refractivity contribution in [3.63, 3.8) is 0 Å². The molecule has 5 rings (SSSR count). The maximum Gasteiger partial charge on any atom is 0.301 e. The highest BCUT2D eigenvalue weighted by Gasteiger charge is 2.48. The molecule has 1 aliphatic rings. The fraction of sp³-hybridized carbons (Fsp3) is 0.167. The molecule has 1 aliphatic heterocycles. The molecular formula is C30H26N2O6. The van der Waals surface area contributed by atoms with Gasteiger partial charge in [0.25, 0.3) is 5.78 Å². The summed E-state index contributed by atoms with van der Waals surface area (Å²) in [5, 5.41) is 15.3. The molecule has 3 aromatic carbocycles. The molecule has 2 heterocycles. The van der Waals surface area contributed by atoms with Gasteiger partial charge in [-0.1, -0.05) is 42.4 Å². The van der Waals surface area contributed by atoms with Gasteiger partial charge in [0.1, 0.15) is 28.8 Å². The Morgan fingerprint density at radius 3 is 2.37 bits per heavy atom. The van der Waals surface area contributed by atoms with Crippen LogP contribution >= 0.6 is 0 Å². The molecule has 1 aromatic heterocycles. The number of aromatic nitrogens is 1. The van der Waals surface area contributed by atoms with E-state index in [2.05, 4.69) is 5.16 Å². The number of ether oxygens (including phenoxy) is 2. The van der Waals surface area contributed by atoms with Gasteiger partial charge in [-0.15, -0.1) is 0 Å². The molecule has 1 N–H and O–H groups in total. The molecule has 38 heavy (non-hydrogen) atoms. The Morgan fingerprint density at radius 1 is 0.947 bits per heavy atom. The van der Waals surface area contributed by atoms with E-state index in [-0.39, 0.29) is 17.2 Å². The van der Waals surface area contributed by atoms with Gasteiger partial charge < -0.3 is 19.1 Å². The Kier molecular flexibility index (Phi) is 6.95. The number of para-hydroxylation sites is 1. The lowest BCUT2D eigenvalue weighted by Crippen LogP contribution is -2.29. The van der Waals surface area contributed by atoms with E-state index in [1.165, 1.54) is 4.90 Å². The van der Waals surface area contributed by atoms with Crippen LogP contribution in [0.15, 0.2) is 95.0 Å². The Morgan fingerprint density at radius 2 is 1.68 bits per heavy atom. The molecule has 0 aliphatic carbocycles. The average Bonchev–Trinajstić information content (AvgIpc) is 3.48. The van der Waals surface area contributed by atoms with Crippen molar-refractivity contribution < 1.29 is 28.7 Å². The van der Waals surface area contributed by atoms with Crippen LogP contribution in [0, 0.1) is 6.92 Å². The van der Waals surface area contributed by atoms with Crippen molar-refractivity contribution in [3.05, 3.63) is 107 Å². The Bertz CT molecular complexity index is 1490. The number of nitrogens with zero attached hydrogens (tertiary/aromatic N) is 2. The van der Waals surface area contributed by atoms with Crippen LogP contribution in [-0.4, -0.2) is 28.6 Å². The first-order valence-corrected chi connectivity index (χ1v) is 12.3. The van der Waals surface area contributed by atoms with Crippen molar-refractivity contribution in [2.75, 3.05) is 11.5 Å². The molecule has 8 heteroatoms. The number of amides is 1. The smallest absolute Gasteiger partial charge is 0.301 e. The highest BCUT2D eigenvalue weighted by Crippen LogP contribution is 2.43. The maximum atomic E-state index is 13.4. The van der Waals surface area contributed by atoms with Crippen molar-refractivity contribution in [1.82, 2.24) is 5.16 Å². The molecule has 8 nitrogen and oxygen atoms in total. The number of anilines is 1. The number of aliphatic hydroxyl groups is 1. The van der Waals surface area contributed by atoms with Crippen LogP contribution in [-0.2, 0) is 9.59 Å². The van der Waals surface area contributed by atoms with E-state index < -0.39 is 17.7 Å². The van der Waals surface area contributed by atoms with Gasteiger partial charge in [-0.2, -0.15) is 0 Å². The molecule has 4 aromatic rings. The van der Waals surface area contributed by atoms with Gasteiger partial charge in [-0.3, -0.25) is 14.5 Å². The van der Waals surface area contributed by atoms with Gasteiger partial charge >= 0.3 is 5.91 Å². The number of benzene rings is 3. The second-order valence-corrected chi connectivity index (χ2v) is 8.83. The lowest BCUT2D eigenvalue weighted by molar-refractivity contribution is -0.132. The predicted octanol–water partition coefficient (Wildman–Crippen LogP) is 6.19. The summed E-state index contributed by atoms with van der Waals surface area (Å²) < 4.78 is 16.8. The minimum atomic E-state index is -0.963. The van der Waals surface area contributed by atoms with Gasteiger partial charge in [-0.05, 0) is 67.4 Å². The molecule has 1 amide bonds. The molecule has 0 spiro atoms. The summed E-state index contributed by atoms with van der Waals surface area (Å²) in [6.45, 7) is 4.27. The zero-order valence-electron chi connectivity index (χ0n) is 21.0. The van der Waals surface area contributed by atoms with E-state index in [0.29, 0.717) is 40.7 Å². The fourth-order valence-electron chi connectivity index (χ4n) is 4.31. The second-order valence-electron chi connectivity index (χ2n) is 8.83. The minimum absolute atomic E-state index is 0.0604. The first-order chi connectivity index (χ1) is 18.5. The molecule has 1 unspecified atom stereocenters. The van der Waals surface area contributed by atoms with E-state index in [9.17, 15) is 14.7 Å². The number of aryl methyl sites for hydroxylation is 1. The van der Waals surface area contributed by atoms with Gasteiger partial charge in [0.2, 0.25) is 0 Å². The average molecular weight is 511 g/mol. The Hall–Kier alpha value is -4.85. The number of hydrogen-bond donors (Lipinski definition) is 1. The summed E-state index contributed by atoms with van der Waals surface area (Å²) in [7, 11) is 0. The van der Waals surface area contributed by atoms with Crippen molar-refractivity contribution in [3.8, 4) is 17.2 Å². The maximum absolute atomic E-state index is 13.4. The SMILES string of the molecule is CCCOc1ccc(/C(O)=C2\C(=O)C(=O)N(c3cc(C)on3)C2c2cccc(Oc3ccccc3)c2)cc1. The first-order valence-electron chi connectivity index (χ1n) is 12.3. The van der Waals surface area contributed by atoms with E-state index in [4.69, 9.17) is 14.0 Å². The molecule has 192 valence electrons. The number of hydrogen-bond acceptors (Lipinski definition) is 7. The topological polar surface area (TPSA) is 102 Å². The quantitative estimate of drug-likeness (QED) is 0.171. The third-order valence-corrected chi connectivity index (χ3v) is 6.06. The van der Waals surface area contributed by atoms with Gasteiger partial charge in [0, 0.05) is 11.6 Å². The van der Waals surface area contributed by atoms with E-state index in [1.807, 2.05) is 37.3 Å². The number of carbonyl (C=O) groups is 2. The van der Waals surface area contributed by atoms with Gasteiger partial charge in [-0.25, -0.2) is 0 Å². The first kappa shape index (κ1) is 24.8. The molecule has 1 fully saturated rings. The van der Waals surface area contributed by atoms with Crippen LogP contribution in [0.4, 0.5) is 5.82 Å². The van der Waals surface area contributed by atoms with Crippen LogP contribution in [0.25, 0.3) is 5.76 Å². The van der Waals surface area contributed by atoms with Crippen LogP contribution in [0.2, 0.25) is 0 Å². The van der Waals surface area contributed by atoms with E-state index >= 15 is 0 Å². The highest BCUT2D eigenvalue weighted by atomic mass is 16.5. The summed E-state index contributed by atoms with van der Waals surface area (Å²) in [6, 6.07) is 23.6. The Labute approximate surface area is 219 Å². The normalized spacial score (nSPS) is 16.6. The fourth-order valence-corrected chi connectivity index (χ4v) is 4.31. The number of rotatable bonds is 8. The number of carbonyl (C=O) groups excluding carboxylic acids is 2. The summed E-state index contributed by atoms with van der Waals surface area (Å²) in [5.74, 6) is 0.493. The largest absolute Gasteiger partial charge is 0.507 e. The van der Waals surface area contributed by atoms with Gasteiger partial charge in [0.15, 0.2) is 5.82 Å². The van der Waals surface area contributed by atoms with Crippen LogP contribution in [0.3, 0.4) is 0 Å². The third-order valence-electron chi connectivity index (χ3n) is 6.06. The second kappa shape index (κ2) is 10.6. The van der Waals surface area contributed by atoms with Crippen molar-refractivity contribution in [1.29, 1.82) is 0 Å². The number of ketones is 1. The third kappa shape index (κ3) is 4.88. The monoisotopic (exact) mass is 510 g/mol. The summed E-state index contributed by atoms with van der Waals surface area (Å²) in [4.78, 5) is 27.9. The van der Waals surface area contributed by atoms with Crippen LogP contribution in [0.5, 0.6) is 17.2 Å². The Balaban J connectivity index is 1.60. The molecule has 1 atom stereocenters. The number of Topliss-reactive ketones (excluding diaryl/α,β-unsaturated/α-hetero) is 1. The van der Waals surface area contributed by atoms with E-state index in [0.717, 1.165) is 6.42 Å². The molecular weight excluding hydrogens is 484 g/mol. The molecule has 0 saturated carbocycles. The molecule has 0 bridgehead atoms. The van der Waals surface area contributed by atoms with E-state index in [1.54, 1.807) is 61.5 Å². The lowest BCUT2D eigenvalue weighted by Gasteiger charge is -2.23. The summed E-state index contributed by atoms with van der Waals surface area (Å²) in [5.41, 5.74) is 0.877. The zero-order valence-corrected chi connectivity index (χ0v) is 21.0. The standard InChI is InChI=1S/C30H26N2O6/c1-3-16-36-22-14-12-20(13-15-22)28(33)26-27(32(30(35)29(26)34)25-17-19(2)38-31-25)21-8-7-11-24(18-21)37-23-9-5-4-6-10-23/h4-15,17-18,27,33H,3,16H2,1-2H3/b28-26+. The summed E-state index contributed by atoms with van der Waals surface area (Å²) in [6.07, 6.45) is 0.861. The minimum Gasteiger partial charge on any atom is -0.507 e. The van der Waals surface area contributed by atoms with Crippen molar-refractivity contribution in [2.45, 2.75) is 26.3 Å². The highest BCUT2D eigenvalue weighted by molar-refractivity contribution is 6.51. The number of aliphatic hydroxyl groups excluding tert-OH is 1. The summed E-state index contributed by atoms with van der Waals surface area (Å²) >= 11 is 0.